The molecule has 0 aliphatic carbocycles. The summed E-state index contributed by atoms with van der Waals surface area (Å²) >= 11 is 0. The highest BCUT2D eigenvalue weighted by Gasteiger charge is 2.41. The molecule has 0 aliphatic rings. The summed E-state index contributed by atoms with van der Waals surface area (Å²) in [5.74, 6) is -30.3. The molecule has 19 amide bonds. The monoisotopic (exact) mass is 1970 g/mol. The van der Waals surface area contributed by atoms with Crippen LogP contribution >= 0.6 is 0 Å². The Labute approximate surface area is 797 Å². The number of primary amides is 1. The molecular weight excluding hydrogens is 1840 g/mol. The molecule has 0 aliphatic heterocycles. The number of carbonyl (C=O) groups excluding carboxylic acids is 19. The van der Waals surface area contributed by atoms with Gasteiger partial charge in [-0.2, -0.15) is 0 Å². The van der Waals surface area contributed by atoms with Gasteiger partial charge in [-0.05, 0) is 128 Å². The smallest absolute Gasteiger partial charge is 0.326 e. The quantitative estimate of drug-likeness (QED) is 0.0274. The fourth-order valence-electron chi connectivity index (χ4n) is 12.7. The molecule has 0 spiro atoms. The number of carboxylic acid groups (broad SMARTS) is 4. The number of nitrogens with two attached hydrogens (primary N) is 3. The third-order valence-electron chi connectivity index (χ3n) is 20.5. The van der Waals surface area contributed by atoms with Gasteiger partial charge in [-0.15, -0.1) is 0 Å². The maximum Gasteiger partial charge on any atom is 0.326 e. The number of nitrogens with one attached hydrogen (secondary N) is 18. The lowest BCUT2D eigenvalue weighted by atomic mass is 10.00. The van der Waals surface area contributed by atoms with Gasteiger partial charge in [0.25, 0.3) is 0 Å². The number of carboxylic acids is 4. The van der Waals surface area contributed by atoms with Crippen LogP contribution in [0.3, 0.4) is 0 Å². The van der Waals surface area contributed by atoms with Crippen LogP contribution in [0.5, 0.6) is 5.75 Å². The Morgan fingerprint density at radius 3 is 1.14 bits per heavy atom. The van der Waals surface area contributed by atoms with Crippen LogP contribution in [0, 0.1) is 11.8 Å². The van der Waals surface area contributed by atoms with Crippen molar-refractivity contribution in [2.45, 2.75) is 267 Å². The number of phenolic OH excluding ortho intramolecular Hbond substituents is 1. The molecular formula is C85H131N21O33. The Bertz CT molecular complexity index is 4600. The minimum absolute atomic E-state index is 0.0290. The van der Waals surface area contributed by atoms with E-state index < -0.39 is 353 Å². The minimum Gasteiger partial charge on any atom is -0.508 e. The van der Waals surface area contributed by atoms with Crippen molar-refractivity contribution in [2.24, 2.45) is 29.0 Å². The number of hydrogen-bond acceptors (Lipinski definition) is 31. The van der Waals surface area contributed by atoms with Crippen LogP contribution in [0.2, 0.25) is 0 Å². The van der Waals surface area contributed by atoms with E-state index >= 15 is 0 Å². The Balaban J connectivity index is 2.38. The zero-order valence-corrected chi connectivity index (χ0v) is 78.3. The van der Waals surface area contributed by atoms with Crippen LogP contribution in [0.15, 0.2) is 54.6 Å². The lowest BCUT2D eigenvalue weighted by molar-refractivity contribution is -0.142. The second kappa shape index (κ2) is 60.4. The Morgan fingerprint density at radius 2 is 0.705 bits per heavy atom. The van der Waals surface area contributed by atoms with E-state index in [1.54, 1.807) is 19.9 Å². The molecule has 0 saturated heterocycles. The van der Waals surface area contributed by atoms with E-state index in [-0.39, 0.29) is 30.7 Å². The van der Waals surface area contributed by atoms with Gasteiger partial charge in [-0.1, -0.05) is 70.2 Å². The first kappa shape index (κ1) is 121. The summed E-state index contributed by atoms with van der Waals surface area (Å²) in [4.78, 5) is 306. The predicted octanol–water partition coefficient (Wildman–Crippen LogP) is -11.9. The van der Waals surface area contributed by atoms with Gasteiger partial charge in [0.2, 0.25) is 112 Å². The van der Waals surface area contributed by atoms with Gasteiger partial charge in [0, 0.05) is 32.1 Å². The molecule has 0 radical (unpaired) electrons. The third kappa shape index (κ3) is 45.1. The number of unbranched alkanes of at least 4 members (excludes halogenated alkanes) is 1. The van der Waals surface area contributed by atoms with E-state index in [9.17, 15) is 161 Å². The van der Waals surface area contributed by atoms with E-state index in [4.69, 9.17) is 17.2 Å². The van der Waals surface area contributed by atoms with Crippen LogP contribution in [-0.2, 0) is 123 Å². The number of aliphatic hydroxyl groups excluding tert-OH is 5. The molecule has 0 bridgehead atoms. The molecule has 0 aromatic heterocycles. The molecule has 139 heavy (non-hydrogen) atoms. The number of carbonyl (C=O) groups is 23. The standard InChI is InChI=1S/C85H131N21O33/c1-39(2)30-52(73(127)94-48(24-27-62(116)117)70(124)89-34-60(114)93-50(23-26-59(87)113)72(126)92-41(5)68(122)91-42(6)69(123)95-51(83(137)138)18-14-15-29-86)96-74(128)53(32-46-19-21-47(112)22-20-46)97-77(131)56(36-107)100-79(133)58(38-109)101-80(134)65(40(3)4)105-76(130)55(33-64(120)121)98-78(132)57(37-108)102-82(136)67(44(8)111)106-75(129)54(31-45-16-12-11-13-17-45)99-81(135)66(43(7)110)104-61(115)35-90-71(125)49(25-28-63(118)119)103-84(139)85(9,10)88/h11-13,16-17,19-22,39-44,48-58,65-67,107-112H,14-15,18,23-38,86,88H2,1-10H3,(H2,87,113)(H,89,124)(H,90,125)(H,91,122)(H,92,126)(H,93,114)(H,94,127)(H,95,123)(H,96,128)(H,97,131)(H,98,132)(H,99,135)(H,100,133)(H,101,134)(H,102,136)(H,103,139)(H,104,115)(H,105,130)(H,106,129)(H,116,117)(H,118,119)(H,120,121)(H,137,138)/t41-,42-,43+,44+,48-,49-,50-,51-,52-,53-,54-,55-,56-,57-,58-,65-,66-,67-/m0/s1. The summed E-state index contributed by atoms with van der Waals surface area (Å²) in [5, 5.41) is 142. The largest absolute Gasteiger partial charge is 0.508 e. The molecule has 774 valence electrons. The minimum atomic E-state index is -2.21. The van der Waals surface area contributed by atoms with Gasteiger partial charge >= 0.3 is 23.9 Å². The maximum atomic E-state index is 14.6. The fraction of sp³-hybridized carbons (Fsp3) is 0.588. The molecule has 0 fully saturated rings. The summed E-state index contributed by atoms with van der Waals surface area (Å²) in [5.41, 5.74) is 15.6. The van der Waals surface area contributed by atoms with Gasteiger partial charge in [0.15, 0.2) is 0 Å². The van der Waals surface area contributed by atoms with Crippen molar-refractivity contribution in [1.29, 1.82) is 0 Å². The number of aliphatic hydroxyl groups is 5. The lowest BCUT2D eigenvalue weighted by Gasteiger charge is -2.29. The van der Waals surface area contributed by atoms with Gasteiger partial charge in [-0.25, -0.2) is 4.79 Å². The van der Waals surface area contributed by atoms with Crippen LogP contribution < -0.4 is 113 Å². The number of aliphatic carboxylic acids is 4. The molecule has 34 N–H and O–H groups in total. The number of aromatic hydroxyl groups is 1. The number of benzene rings is 2. The van der Waals surface area contributed by atoms with E-state index in [0.29, 0.717) is 18.4 Å². The Morgan fingerprint density at radius 1 is 0.353 bits per heavy atom. The molecule has 2 aromatic carbocycles. The molecule has 0 unspecified atom stereocenters. The van der Waals surface area contributed by atoms with E-state index in [2.05, 4.69) is 85.1 Å². The Hall–Kier alpha value is -14.2. The first-order valence-corrected chi connectivity index (χ1v) is 44.0. The average molecular weight is 1980 g/mol. The highest BCUT2D eigenvalue weighted by Crippen LogP contribution is 2.17. The summed E-state index contributed by atoms with van der Waals surface area (Å²) < 4.78 is 0. The molecule has 0 heterocycles. The van der Waals surface area contributed by atoms with Crippen LogP contribution in [0.4, 0.5) is 0 Å². The predicted molar refractivity (Wildman–Crippen MR) is 482 cm³/mol. The summed E-state index contributed by atoms with van der Waals surface area (Å²) in [6.07, 6.45) is -8.77. The number of amides is 19. The number of hydrogen-bond donors (Lipinski definition) is 31. The van der Waals surface area contributed by atoms with Crippen molar-refractivity contribution in [2.75, 3.05) is 39.5 Å². The second-order valence-electron chi connectivity index (χ2n) is 33.9. The SMILES string of the molecule is CC(C)C[C@H](NC(=O)[C@H](Cc1ccc(O)cc1)NC(=O)[C@H](CO)NC(=O)[C@H](CO)NC(=O)[C@@H](NC(=O)[C@H](CC(=O)O)NC(=O)[C@H](CO)NC(=O)[C@@H](NC(=O)[C@H](Cc1ccccc1)NC(=O)[C@@H](NC(=O)CNC(=O)[C@H](CCC(=O)O)NC(=O)C(C)(C)N)[C@@H](C)O)[C@@H](C)O)C(C)C)C(=O)N[C@@H](CCC(=O)O)C(=O)NCC(=O)N[C@@H](CCC(N)=O)C(=O)N[C@@H](C)C(=O)N[C@@H](C)C(=O)N[C@@H](CCCCN)C(=O)O. The number of rotatable bonds is 64. The van der Waals surface area contributed by atoms with Crippen molar-refractivity contribution >= 4 is 136 Å². The highest BCUT2D eigenvalue weighted by molar-refractivity contribution is 6.02. The lowest BCUT2D eigenvalue weighted by Crippen LogP contribution is -2.63. The second-order valence-corrected chi connectivity index (χ2v) is 33.9. The fourth-order valence-corrected chi connectivity index (χ4v) is 12.7. The summed E-state index contributed by atoms with van der Waals surface area (Å²) in [7, 11) is 0. The van der Waals surface area contributed by atoms with Crippen LogP contribution in [-0.4, -0.2) is 341 Å². The molecule has 18 atom stereocenters. The van der Waals surface area contributed by atoms with E-state index in [1.807, 2.05) is 10.6 Å². The third-order valence-corrected chi connectivity index (χ3v) is 20.5. The zero-order valence-electron chi connectivity index (χ0n) is 78.3. The van der Waals surface area contributed by atoms with Gasteiger partial charge in [0.05, 0.1) is 57.1 Å². The van der Waals surface area contributed by atoms with E-state index in [1.165, 1.54) is 90.1 Å². The Kier molecular flexibility index (Phi) is 52.5. The first-order valence-electron chi connectivity index (χ1n) is 44.0. The molecule has 0 saturated carbocycles. The number of phenols is 1. The zero-order chi connectivity index (χ0) is 106. The van der Waals surface area contributed by atoms with E-state index in [0.717, 1.165) is 13.8 Å². The van der Waals surface area contributed by atoms with Gasteiger partial charge in [-0.3, -0.25) is 105 Å². The molecule has 54 nitrogen and oxygen atoms in total. The van der Waals surface area contributed by atoms with Crippen LogP contribution in [0.1, 0.15) is 151 Å². The van der Waals surface area contributed by atoms with Gasteiger partial charge < -0.3 is 164 Å². The van der Waals surface area contributed by atoms with Crippen molar-refractivity contribution in [3.63, 3.8) is 0 Å². The average Bonchev–Trinajstić information content (AvgIpc) is 0.855. The molecule has 2 rings (SSSR count). The maximum absolute atomic E-state index is 14.6. The normalized spacial score (nSPS) is 15.1. The highest BCUT2D eigenvalue weighted by atomic mass is 16.4. The topological polar surface area (TPSA) is 890 Å². The van der Waals surface area contributed by atoms with Crippen molar-refractivity contribution in [3.05, 3.63) is 65.7 Å². The summed E-state index contributed by atoms with van der Waals surface area (Å²) in [6.45, 7) is 7.26. The molecule has 2 aromatic rings. The van der Waals surface area contributed by atoms with Crippen molar-refractivity contribution in [1.82, 2.24) is 95.7 Å². The summed E-state index contributed by atoms with van der Waals surface area (Å²) in [6, 6.07) is -16.0. The van der Waals surface area contributed by atoms with Crippen molar-refractivity contribution < 1.29 is 161 Å². The first-order chi connectivity index (χ1) is 65.0. The van der Waals surface area contributed by atoms with Gasteiger partial charge in [0.1, 0.15) is 102 Å². The van der Waals surface area contributed by atoms with Crippen LogP contribution in [0.25, 0.3) is 0 Å². The van der Waals surface area contributed by atoms with Crippen molar-refractivity contribution in [3.8, 4) is 5.75 Å². The molecule has 54 heteroatoms.